The molecule has 0 fully saturated rings. The van der Waals surface area contributed by atoms with Gasteiger partial charge in [-0.15, -0.1) is 11.3 Å². The third kappa shape index (κ3) is 2.02. The summed E-state index contributed by atoms with van der Waals surface area (Å²) >= 11 is 1.56. The summed E-state index contributed by atoms with van der Waals surface area (Å²) in [5, 5.41) is 2.95. The Hall–Kier alpha value is -2.07. The minimum absolute atomic E-state index is 0.0850. The molecule has 0 amide bonds. The molecular formula is C14H10N2OS. The van der Waals surface area contributed by atoms with Crippen molar-refractivity contribution < 1.29 is 4.79 Å². The second-order valence-electron chi connectivity index (χ2n) is 3.93. The average Bonchev–Trinajstić information content (AvgIpc) is 2.89. The summed E-state index contributed by atoms with van der Waals surface area (Å²) in [6, 6.07) is 11.3. The number of fused-ring (bicyclic) bond motifs is 1. The van der Waals surface area contributed by atoms with Crippen molar-refractivity contribution in [3.63, 3.8) is 0 Å². The molecule has 0 bridgehead atoms. The van der Waals surface area contributed by atoms with Crippen molar-refractivity contribution >= 4 is 27.3 Å². The zero-order valence-electron chi connectivity index (χ0n) is 9.54. The van der Waals surface area contributed by atoms with Gasteiger partial charge in [0.05, 0.1) is 12.1 Å². The van der Waals surface area contributed by atoms with Crippen LogP contribution in [0.5, 0.6) is 0 Å². The molecule has 18 heavy (non-hydrogen) atoms. The lowest BCUT2D eigenvalue weighted by Crippen LogP contribution is -2.05. The molecule has 88 valence electrons. The topological polar surface area (TPSA) is 42.9 Å². The highest BCUT2D eigenvalue weighted by molar-refractivity contribution is 7.16. The van der Waals surface area contributed by atoms with E-state index >= 15 is 0 Å². The minimum atomic E-state index is 0.0850. The molecule has 0 aliphatic heterocycles. The van der Waals surface area contributed by atoms with Gasteiger partial charge in [0.1, 0.15) is 11.2 Å². The van der Waals surface area contributed by atoms with Crippen LogP contribution in [-0.2, 0) is 6.42 Å². The number of hydrogen-bond donors (Lipinski definition) is 0. The van der Waals surface area contributed by atoms with Gasteiger partial charge >= 0.3 is 0 Å². The number of rotatable bonds is 3. The number of Topliss-reactive ketones (excluding diaryl/α,β-unsaturated/α-hetero) is 1. The van der Waals surface area contributed by atoms with Gasteiger partial charge in [0.25, 0.3) is 0 Å². The lowest BCUT2D eigenvalue weighted by Gasteiger charge is -2.01. The number of carbonyl (C=O) groups excluding carboxylic acids is 1. The molecule has 3 nitrogen and oxygen atoms in total. The molecule has 0 saturated carbocycles. The van der Waals surface area contributed by atoms with Crippen molar-refractivity contribution in [1.29, 1.82) is 0 Å². The highest BCUT2D eigenvalue weighted by Gasteiger charge is 2.11. The molecule has 0 radical (unpaired) electrons. The van der Waals surface area contributed by atoms with Gasteiger partial charge in [-0.2, -0.15) is 0 Å². The van der Waals surface area contributed by atoms with E-state index in [4.69, 9.17) is 0 Å². The quantitative estimate of drug-likeness (QED) is 0.674. The number of benzene rings is 1. The summed E-state index contributed by atoms with van der Waals surface area (Å²) in [4.78, 5) is 21.5. The molecule has 3 aromatic rings. The number of carbonyl (C=O) groups is 1. The third-order valence-electron chi connectivity index (χ3n) is 2.77. The maximum absolute atomic E-state index is 12.1. The SMILES string of the molecule is O=C(Cc1ncnc2sccc12)c1ccccc1. The fourth-order valence-electron chi connectivity index (χ4n) is 1.86. The molecule has 0 spiro atoms. The van der Waals surface area contributed by atoms with Gasteiger partial charge in [-0.1, -0.05) is 30.3 Å². The Balaban J connectivity index is 1.93. The third-order valence-corrected chi connectivity index (χ3v) is 3.59. The smallest absolute Gasteiger partial charge is 0.168 e. The second kappa shape index (κ2) is 4.66. The normalized spacial score (nSPS) is 10.7. The van der Waals surface area contributed by atoms with Crippen molar-refractivity contribution in [3.05, 3.63) is 59.4 Å². The summed E-state index contributed by atoms with van der Waals surface area (Å²) in [5.41, 5.74) is 1.52. The van der Waals surface area contributed by atoms with E-state index in [2.05, 4.69) is 9.97 Å². The van der Waals surface area contributed by atoms with E-state index in [0.717, 1.165) is 21.5 Å². The maximum Gasteiger partial charge on any atom is 0.168 e. The van der Waals surface area contributed by atoms with Gasteiger partial charge < -0.3 is 0 Å². The van der Waals surface area contributed by atoms with Gasteiger partial charge in [-0.25, -0.2) is 9.97 Å². The zero-order chi connectivity index (χ0) is 12.4. The molecule has 0 N–H and O–H groups in total. The van der Waals surface area contributed by atoms with Crippen molar-refractivity contribution in [2.24, 2.45) is 0 Å². The van der Waals surface area contributed by atoms with E-state index in [1.807, 2.05) is 41.8 Å². The molecule has 0 aliphatic rings. The van der Waals surface area contributed by atoms with Crippen LogP contribution in [0.1, 0.15) is 16.1 Å². The van der Waals surface area contributed by atoms with Crippen LogP contribution in [-0.4, -0.2) is 15.8 Å². The maximum atomic E-state index is 12.1. The largest absolute Gasteiger partial charge is 0.294 e. The van der Waals surface area contributed by atoms with Crippen LogP contribution in [0.25, 0.3) is 10.2 Å². The Morgan fingerprint density at radius 3 is 2.78 bits per heavy atom. The van der Waals surface area contributed by atoms with E-state index in [-0.39, 0.29) is 5.78 Å². The molecule has 2 heterocycles. The van der Waals surface area contributed by atoms with Crippen LogP contribution < -0.4 is 0 Å². The predicted octanol–water partition coefficient (Wildman–Crippen LogP) is 3.12. The van der Waals surface area contributed by atoms with Gasteiger partial charge in [0, 0.05) is 10.9 Å². The first-order chi connectivity index (χ1) is 8.84. The van der Waals surface area contributed by atoms with Crippen LogP contribution in [0.2, 0.25) is 0 Å². The van der Waals surface area contributed by atoms with Gasteiger partial charge in [-0.3, -0.25) is 4.79 Å². The molecule has 1 aromatic carbocycles. The number of nitrogens with zero attached hydrogens (tertiary/aromatic N) is 2. The molecule has 3 rings (SSSR count). The lowest BCUT2D eigenvalue weighted by atomic mass is 10.1. The molecule has 4 heteroatoms. The van der Waals surface area contributed by atoms with E-state index < -0.39 is 0 Å². The fraction of sp³-hybridized carbons (Fsp3) is 0.0714. The molecule has 2 aromatic heterocycles. The zero-order valence-corrected chi connectivity index (χ0v) is 10.4. The summed E-state index contributed by atoms with van der Waals surface area (Å²) in [7, 11) is 0. The Morgan fingerprint density at radius 2 is 1.94 bits per heavy atom. The molecular weight excluding hydrogens is 244 g/mol. The minimum Gasteiger partial charge on any atom is -0.294 e. The Labute approximate surface area is 108 Å². The second-order valence-corrected chi connectivity index (χ2v) is 4.82. The molecule has 0 unspecified atom stereocenters. The highest BCUT2D eigenvalue weighted by atomic mass is 32.1. The average molecular weight is 254 g/mol. The predicted molar refractivity (Wildman–Crippen MR) is 71.9 cm³/mol. The summed E-state index contributed by atoms with van der Waals surface area (Å²) < 4.78 is 0. The summed E-state index contributed by atoms with van der Waals surface area (Å²) in [6.45, 7) is 0. The first-order valence-electron chi connectivity index (χ1n) is 5.60. The van der Waals surface area contributed by atoms with E-state index in [9.17, 15) is 4.79 Å². The molecule has 0 aliphatic carbocycles. The van der Waals surface area contributed by atoms with E-state index in [0.29, 0.717) is 6.42 Å². The number of thiophene rings is 1. The van der Waals surface area contributed by atoms with Gasteiger partial charge in [-0.05, 0) is 11.4 Å². The first-order valence-corrected chi connectivity index (χ1v) is 6.48. The van der Waals surface area contributed by atoms with Crippen LogP contribution in [0.15, 0.2) is 48.1 Å². The standard InChI is InChI=1S/C14H10N2OS/c17-13(10-4-2-1-3-5-10)8-12-11-6-7-18-14(11)16-9-15-12/h1-7,9H,8H2. The van der Waals surface area contributed by atoms with Gasteiger partial charge in [0.15, 0.2) is 5.78 Å². The number of ketones is 1. The number of hydrogen-bond acceptors (Lipinski definition) is 4. The Morgan fingerprint density at radius 1 is 1.11 bits per heavy atom. The van der Waals surface area contributed by atoms with Crippen LogP contribution in [0.4, 0.5) is 0 Å². The Bertz CT molecular complexity index is 691. The van der Waals surface area contributed by atoms with Crippen LogP contribution >= 0.6 is 11.3 Å². The monoisotopic (exact) mass is 254 g/mol. The van der Waals surface area contributed by atoms with Crippen LogP contribution in [0.3, 0.4) is 0 Å². The van der Waals surface area contributed by atoms with Crippen molar-refractivity contribution in [2.45, 2.75) is 6.42 Å². The molecule has 0 atom stereocenters. The summed E-state index contributed by atoms with van der Waals surface area (Å²) in [5.74, 6) is 0.0850. The lowest BCUT2D eigenvalue weighted by molar-refractivity contribution is 0.0992. The number of aromatic nitrogens is 2. The summed E-state index contributed by atoms with van der Waals surface area (Å²) in [6.07, 6.45) is 1.84. The van der Waals surface area contributed by atoms with E-state index in [1.165, 1.54) is 6.33 Å². The Kier molecular flexibility index (Phi) is 2.86. The highest BCUT2D eigenvalue weighted by Crippen LogP contribution is 2.21. The van der Waals surface area contributed by atoms with Gasteiger partial charge in [0.2, 0.25) is 0 Å². The van der Waals surface area contributed by atoms with Crippen molar-refractivity contribution in [3.8, 4) is 0 Å². The van der Waals surface area contributed by atoms with Crippen LogP contribution in [0, 0.1) is 0 Å². The fourth-order valence-corrected chi connectivity index (χ4v) is 2.61. The van der Waals surface area contributed by atoms with Crippen molar-refractivity contribution in [2.75, 3.05) is 0 Å². The van der Waals surface area contributed by atoms with E-state index in [1.54, 1.807) is 11.3 Å². The molecule has 0 saturated heterocycles. The van der Waals surface area contributed by atoms with Crippen molar-refractivity contribution in [1.82, 2.24) is 9.97 Å². The first kappa shape index (κ1) is 11.0.